The molecule has 0 spiro atoms. The average Bonchev–Trinajstić information content (AvgIpc) is 2.12. The fourth-order valence-electron chi connectivity index (χ4n) is 0.701. The van der Waals surface area contributed by atoms with Crippen molar-refractivity contribution >= 4 is 23.2 Å². The molecule has 0 radical (unpaired) electrons. The Kier molecular flexibility index (Phi) is 4.01. The van der Waals surface area contributed by atoms with Crippen LogP contribution >= 0.6 is 23.2 Å². The van der Waals surface area contributed by atoms with Crippen LogP contribution in [0, 0.1) is 17.7 Å². The van der Waals surface area contributed by atoms with Crippen LogP contribution < -0.4 is 0 Å². The minimum Gasteiger partial charge on any atom is -0.240 e. The SMILES string of the molecule is Fc1cc(C#CCCCl)cnc1Cl. The zero-order valence-electron chi connectivity index (χ0n) is 6.65. The standard InChI is InChI=1S/C9H6Cl2FN/c10-4-2-1-3-7-5-8(12)9(11)13-6-7/h5-6H,2,4H2. The van der Waals surface area contributed by atoms with Crippen LogP contribution in [0.4, 0.5) is 4.39 Å². The number of hydrogen-bond donors (Lipinski definition) is 0. The molecule has 0 aliphatic carbocycles. The van der Waals surface area contributed by atoms with Gasteiger partial charge in [-0.05, 0) is 6.07 Å². The highest BCUT2D eigenvalue weighted by Gasteiger charge is 1.99. The maximum Gasteiger partial charge on any atom is 0.164 e. The molecule has 0 saturated heterocycles. The van der Waals surface area contributed by atoms with Gasteiger partial charge in [-0.15, -0.1) is 11.6 Å². The van der Waals surface area contributed by atoms with Gasteiger partial charge in [-0.2, -0.15) is 0 Å². The Labute approximate surface area is 85.9 Å². The van der Waals surface area contributed by atoms with Gasteiger partial charge in [-0.1, -0.05) is 23.4 Å². The van der Waals surface area contributed by atoms with E-state index in [-0.39, 0.29) is 5.15 Å². The number of aromatic nitrogens is 1. The predicted octanol–water partition coefficient (Wildman–Crippen LogP) is 2.85. The Morgan fingerprint density at radius 1 is 1.54 bits per heavy atom. The highest BCUT2D eigenvalue weighted by Crippen LogP contribution is 2.10. The molecule has 0 N–H and O–H groups in total. The smallest absolute Gasteiger partial charge is 0.164 e. The molecule has 13 heavy (non-hydrogen) atoms. The van der Waals surface area contributed by atoms with Crippen molar-refractivity contribution in [2.75, 3.05) is 5.88 Å². The fraction of sp³-hybridized carbons (Fsp3) is 0.222. The summed E-state index contributed by atoms with van der Waals surface area (Å²) in [6.07, 6.45) is 2.00. The lowest BCUT2D eigenvalue weighted by Gasteiger charge is -1.92. The third-order valence-corrected chi connectivity index (χ3v) is 1.72. The Morgan fingerprint density at radius 3 is 2.92 bits per heavy atom. The summed E-state index contributed by atoms with van der Waals surface area (Å²) < 4.78 is 12.8. The third-order valence-electron chi connectivity index (χ3n) is 1.25. The van der Waals surface area contributed by atoms with E-state index >= 15 is 0 Å². The van der Waals surface area contributed by atoms with Gasteiger partial charge >= 0.3 is 0 Å². The monoisotopic (exact) mass is 217 g/mol. The van der Waals surface area contributed by atoms with Crippen molar-refractivity contribution in [1.82, 2.24) is 4.98 Å². The Balaban J connectivity index is 2.81. The maximum atomic E-state index is 12.8. The number of hydrogen-bond acceptors (Lipinski definition) is 1. The molecule has 0 bridgehead atoms. The normalized spacial score (nSPS) is 9.15. The summed E-state index contributed by atoms with van der Waals surface area (Å²) >= 11 is 10.8. The van der Waals surface area contributed by atoms with E-state index in [2.05, 4.69) is 16.8 Å². The van der Waals surface area contributed by atoms with Gasteiger partial charge in [0.05, 0.1) is 0 Å². The molecular weight excluding hydrogens is 212 g/mol. The second-order valence-corrected chi connectivity index (χ2v) is 2.97. The highest BCUT2D eigenvalue weighted by atomic mass is 35.5. The number of halogens is 3. The van der Waals surface area contributed by atoms with E-state index in [1.54, 1.807) is 0 Å². The van der Waals surface area contributed by atoms with E-state index in [0.29, 0.717) is 17.9 Å². The lowest BCUT2D eigenvalue weighted by molar-refractivity contribution is 0.621. The largest absolute Gasteiger partial charge is 0.240 e. The summed E-state index contributed by atoms with van der Waals surface area (Å²) in [6.45, 7) is 0. The van der Waals surface area contributed by atoms with E-state index in [9.17, 15) is 4.39 Å². The molecule has 0 atom stereocenters. The van der Waals surface area contributed by atoms with Gasteiger partial charge in [0.15, 0.2) is 11.0 Å². The summed E-state index contributed by atoms with van der Waals surface area (Å²) in [5, 5.41) is -0.136. The maximum absolute atomic E-state index is 12.8. The van der Waals surface area contributed by atoms with Gasteiger partial charge in [-0.25, -0.2) is 9.37 Å². The number of pyridine rings is 1. The van der Waals surface area contributed by atoms with Crippen LogP contribution in [-0.2, 0) is 0 Å². The first-order valence-electron chi connectivity index (χ1n) is 3.60. The summed E-state index contributed by atoms with van der Waals surface area (Å²) in [5.41, 5.74) is 0.506. The number of nitrogens with zero attached hydrogens (tertiary/aromatic N) is 1. The van der Waals surface area contributed by atoms with Gasteiger partial charge < -0.3 is 0 Å². The van der Waals surface area contributed by atoms with Gasteiger partial charge in [0.2, 0.25) is 0 Å². The fourth-order valence-corrected chi connectivity index (χ4v) is 0.899. The number of rotatable bonds is 1. The second-order valence-electron chi connectivity index (χ2n) is 2.24. The van der Waals surface area contributed by atoms with E-state index < -0.39 is 5.82 Å². The van der Waals surface area contributed by atoms with Crippen molar-refractivity contribution in [3.05, 3.63) is 28.8 Å². The summed E-state index contributed by atoms with van der Waals surface area (Å²) in [5.74, 6) is 5.40. The van der Waals surface area contributed by atoms with Crippen molar-refractivity contribution in [3.63, 3.8) is 0 Å². The van der Waals surface area contributed by atoms with Crippen molar-refractivity contribution in [3.8, 4) is 11.8 Å². The highest BCUT2D eigenvalue weighted by molar-refractivity contribution is 6.29. The van der Waals surface area contributed by atoms with Crippen LogP contribution in [0.15, 0.2) is 12.3 Å². The molecule has 1 rings (SSSR count). The van der Waals surface area contributed by atoms with E-state index in [1.807, 2.05) is 0 Å². The molecule has 1 nitrogen and oxygen atoms in total. The quantitative estimate of drug-likeness (QED) is 0.401. The minimum absolute atomic E-state index is 0.136. The van der Waals surface area contributed by atoms with Crippen LogP contribution in [0.3, 0.4) is 0 Å². The van der Waals surface area contributed by atoms with Crippen molar-refractivity contribution in [2.24, 2.45) is 0 Å². The lowest BCUT2D eigenvalue weighted by atomic mass is 10.3. The molecule has 0 fully saturated rings. The third kappa shape index (κ3) is 3.22. The van der Waals surface area contributed by atoms with Crippen molar-refractivity contribution in [1.29, 1.82) is 0 Å². The molecule has 68 valence electrons. The summed E-state index contributed by atoms with van der Waals surface area (Å²) in [6, 6.07) is 1.25. The van der Waals surface area contributed by atoms with Gasteiger partial charge in [0.25, 0.3) is 0 Å². The summed E-state index contributed by atoms with van der Waals surface area (Å²) in [7, 11) is 0. The molecule has 0 saturated carbocycles. The first-order chi connectivity index (χ1) is 6.24. The van der Waals surface area contributed by atoms with Gasteiger partial charge in [0, 0.05) is 24.1 Å². The zero-order chi connectivity index (χ0) is 9.68. The Morgan fingerprint density at radius 2 is 2.31 bits per heavy atom. The summed E-state index contributed by atoms with van der Waals surface area (Å²) in [4.78, 5) is 3.61. The Bertz CT molecular complexity index is 354. The topological polar surface area (TPSA) is 12.9 Å². The lowest BCUT2D eigenvalue weighted by Crippen LogP contribution is -1.84. The molecule has 0 amide bonds. The predicted molar refractivity (Wildman–Crippen MR) is 51.4 cm³/mol. The van der Waals surface area contributed by atoms with Gasteiger partial charge in [-0.3, -0.25) is 0 Å². The van der Waals surface area contributed by atoms with Crippen LogP contribution in [0.1, 0.15) is 12.0 Å². The first kappa shape index (κ1) is 10.3. The zero-order valence-corrected chi connectivity index (χ0v) is 8.16. The molecule has 0 aromatic carbocycles. The van der Waals surface area contributed by atoms with Crippen LogP contribution in [-0.4, -0.2) is 10.9 Å². The van der Waals surface area contributed by atoms with Crippen LogP contribution in [0.25, 0.3) is 0 Å². The van der Waals surface area contributed by atoms with Crippen LogP contribution in [0.5, 0.6) is 0 Å². The molecule has 1 aromatic heterocycles. The van der Waals surface area contributed by atoms with E-state index in [4.69, 9.17) is 23.2 Å². The first-order valence-corrected chi connectivity index (χ1v) is 4.51. The molecule has 0 aliphatic rings. The molecular formula is C9H6Cl2FN. The number of alkyl halides is 1. The molecule has 0 unspecified atom stereocenters. The van der Waals surface area contributed by atoms with E-state index in [1.165, 1.54) is 12.3 Å². The molecule has 1 heterocycles. The second kappa shape index (κ2) is 5.06. The minimum atomic E-state index is -0.556. The van der Waals surface area contributed by atoms with E-state index in [0.717, 1.165) is 0 Å². The molecule has 4 heteroatoms. The molecule has 1 aromatic rings. The van der Waals surface area contributed by atoms with Gasteiger partial charge in [0.1, 0.15) is 0 Å². The molecule has 0 aliphatic heterocycles. The Hall–Kier alpha value is -0.780. The average molecular weight is 218 g/mol. The van der Waals surface area contributed by atoms with Crippen molar-refractivity contribution < 1.29 is 4.39 Å². The van der Waals surface area contributed by atoms with Crippen molar-refractivity contribution in [2.45, 2.75) is 6.42 Å². The van der Waals surface area contributed by atoms with Crippen LogP contribution in [0.2, 0.25) is 5.15 Å².